The Hall–Kier alpha value is 0.0300. The van der Waals surface area contributed by atoms with Crippen LogP contribution < -0.4 is 0 Å². The van der Waals surface area contributed by atoms with E-state index >= 15 is 0 Å². The van der Waals surface area contributed by atoms with Gasteiger partial charge in [-0.05, 0) is 50.4 Å². The van der Waals surface area contributed by atoms with Crippen molar-refractivity contribution in [1.82, 2.24) is 0 Å². The lowest BCUT2D eigenvalue weighted by molar-refractivity contribution is 0.219. The maximum Gasteiger partial charge on any atom is 0.0467 e. The Labute approximate surface area is 85.3 Å². The van der Waals surface area contributed by atoms with Gasteiger partial charge in [0.1, 0.15) is 0 Å². The highest BCUT2D eigenvalue weighted by atomic mass is 35.5. The second-order valence-corrected chi connectivity index (χ2v) is 5.36. The van der Waals surface area contributed by atoms with Crippen LogP contribution in [0, 0.1) is 11.8 Å². The van der Waals surface area contributed by atoms with Crippen molar-refractivity contribution in [3.8, 4) is 0 Å². The van der Waals surface area contributed by atoms with Crippen LogP contribution in [0.25, 0.3) is 0 Å². The van der Waals surface area contributed by atoms with Crippen LogP contribution in [-0.4, -0.2) is 5.38 Å². The standard InChI is InChI=1S/C12H17Cl/c13-12-9-6-3-7-10(12)11(9)8-4-1-2-5-8/h9-10,12H,1-7H2. The summed E-state index contributed by atoms with van der Waals surface area (Å²) >= 11 is 6.36. The Morgan fingerprint density at radius 2 is 1.54 bits per heavy atom. The second-order valence-electron chi connectivity index (χ2n) is 4.85. The average Bonchev–Trinajstić information content (AvgIpc) is 2.69. The first-order valence-corrected chi connectivity index (χ1v) is 6.17. The van der Waals surface area contributed by atoms with E-state index in [4.69, 9.17) is 11.6 Å². The third-order valence-electron chi connectivity index (χ3n) is 4.21. The lowest BCUT2D eigenvalue weighted by Gasteiger charge is -2.50. The third-order valence-corrected chi connectivity index (χ3v) is 4.82. The minimum absolute atomic E-state index is 0.511. The van der Waals surface area contributed by atoms with Crippen molar-refractivity contribution in [2.75, 3.05) is 0 Å². The Morgan fingerprint density at radius 1 is 0.923 bits per heavy atom. The van der Waals surface area contributed by atoms with E-state index in [-0.39, 0.29) is 0 Å². The molecule has 0 saturated heterocycles. The molecule has 2 unspecified atom stereocenters. The van der Waals surface area contributed by atoms with Gasteiger partial charge in [-0.2, -0.15) is 0 Å². The van der Waals surface area contributed by atoms with Gasteiger partial charge in [-0.1, -0.05) is 17.6 Å². The molecule has 3 saturated carbocycles. The maximum atomic E-state index is 6.36. The van der Waals surface area contributed by atoms with Crippen LogP contribution in [0.3, 0.4) is 0 Å². The highest BCUT2D eigenvalue weighted by molar-refractivity contribution is 6.22. The summed E-state index contributed by atoms with van der Waals surface area (Å²) < 4.78 is 0. The molecule has 2 bridgehead atoms. The summed E-state index contributed by atoms with van der Waals surface area (Å²) in [4.78, 5) is 0. The monoisotopic (exact) mass is 196 g/mol. The molecule has 0 aromatic carbocycles. The Kier molecular flexibility index (Phi) is 1.94. The van der Waals surface area contributed by atoms with Crippen molar-refractivity contribution in [3.63, 3.8) is 0 Å². The lowest BCUT2D eigenvalue weighted by Crippen LogP contribution is -2.45. The highest BCUT2D eigenvalue weighted by Crippen LogP contribution is 2.56. The molecule has 0 aromatic rings. The molecule has 3 rings (SSSR count). The molecule has 0 amide bonds. The summed E-state index contributed by atoms with van der Waals surface area (Å²) in [5.74, 6) is 1.60. The quantitative estimate of drug-likeness (QED) is 0.407. The molecule has 2 atom stereocenters. The van der Waals surface area contributed by atoms with E-state index in [9.17, 15) is 0 Å². The second kappa shape index (κ2) is 3.02. The molecule has 0 heterocycles. The van der Waals surface area contributed by atoms with E-state index in [1.54, 1.807) is 0 Å². The number of rotatable bonds is 0. The van der Waals surface area contributed by atoms with Gasteiger partial charge in [0, 0.05) is 5.38 Å². The fourth-order valence-corrected chi connectivity index (χ4v) is 4.11. The first kappa shape index (κ1) is 8.35. The van der Waals surface area contributed by atoms with Crippen LogP contribution in [0.2, 0.25) is 0 Å². The summed E-state index contributed by atoms with van der Waals surface area (Å²) in [5, 5.41) is 0.511. The van der Waals surface area contributed by atoms with Crippen LogP contribution in [-0.2, 0) is 0 Å². The van der Waals surface area contributed by atoms with E-state index in [1.165, 1.54) is 44.9 Å². The van der Waals surface area contributed by atoms with Crippen molar-refractivity contribution in [1.29, 1.82) is 0 Å². The predicted octanol–water partition coefficient (Wildman–Crippen LogP) is 3.89. The molecule has 0 aliphatic heterocycles. The highest BCUT2D eigenvalue weighted by Gasteiger charge is 2.48. The van der Waals surface area contributed by atoms with Crippen molar-refractivity contribution in [2.24, 2.45) is 11.8 Å². The zero-order valence-electron chi connectivity index (χ0n) is 8.06. The number of fused-ring (bicyclic) bond motifs is 2. The summed E-state index contributed by atoms with van der Waals surface area (Å²) in [6.45, 7) is 0. The number of hydrogen-bond acceptors (Lipinski definition) is 0. The first-order valence-electron chi connectivity index (χ1n) is 5.74. The van der Waals surface area contributed by atoms with Gasteiger partial charge >= 0.3 is 0 Å². The molecule has 0 N–H and O–H groups in total. The molecule has 3 fully saturated rings. The fourth-order valence-electron chi connectivity index (χ4n) is 3.58. The van der Waals surface area contributed by atoms with Crippen molar-refractivity contribution < 1.29 is 0 Å². The van der Waals surface area contributed by atoms with Gasteiger partial charge in [0.05, 0.1) is 0 Å². The molecule has 1 heteroatoms. The minimum Gasteiger partial charge on any atom is -0.122 e. The number of hydrogen-bond donors (Lipinski definition) is 0. The SMILES string of the molecule is ClC1C2CCCC1C2=C1CCCC1. The summed E-state index contributed by atoms with van der Waals surface area (Å²) in [6, 6.07) is 0. The van der Waals surface area contributed by atoms with Crippen LogP contribution >= 0.6 is 11.6 Å². The van der Waals surface area contributed by atoms with Gasteiger partial charge in [-0.25, -0.2) is 0 Å². The van der Waals surface area contributed by atoms with E-state index in [0.717, 1.165) is 11.8 Å². The Morgan fingerprint density at radius 3 is 2.08 bits per heavy atom. The largest absolute Gasteiger partial charge is 0.122 e. The minimum atomic E-state index is 0.511. The van der Waals surface area contributed by atoms with E-state index < -0.39 is 0 Å². The van der Waals surface area contributed by atoms with Crippen LogP contribution in [0.4, 0.5) is 0 Å². The van der Waals surface area contributed by atoms with Gasteiger partial charge in [0.2, 0.25) is 0 Å². The first-order chi connectivity index (χ1) is 6.38. The van der Waals surface area contributed by atoms with Crippen LogP contribution in [0.15, 0.2) is 11.1 Å². The molecular formula is C12H17Cl. The topological polar surface area (TPSA) is 0 Å². The zero-order chi connectivity index (χ0) is 8.84. The van der Waals surface area contributed by atoms with E-state index in [2.05, 4.69) is 0 Å². The van der Waals surface area contributed by atoms with Gasteiger partial charge in [0.25, 0.3) is 0 Å². The van der Waals surface area contributed by atoms with Crippen molar-refractivity contribution >= 4 is 11.6 Å². The molecule has 0 spiro atoms. The Bertz CT molecular complexity index is 232. The molecule has 0 aromatic heterocycles. The lowest BCUT2D eigenvalue weighted by atomic mass is 9.59. The molecule has 3 aliphatic carbocycles. The summed E-state index contributed by atoms with van der Waals surface area (Å²) in [7, 11) is 0. The Balaban J connectivity index is 1.89. The number of allylic oxidation sites excluding steroid dienone is 2. The van der Waals surface area contributed by atoms with Crippen LogP contribution in [0.5, 0.6) is 0 Å². The molecular weight excluding hydrogens is 180 g/mol. The molecule has 72 valence electrons. The van der Waals surface area contributed by atoms with Crippen molar-refractivity contribution in [3.05, 3.63) is 11.1 Å². The van der Waals surface area contributed by atoms with E-state index in [0.29, 0.717) is 5.38 Å². The maximum absolute atomic E-state index is 6.36. The van der Waals surface area contributed by atoms with E-state index in [1.807, 2.05) is 11.1 Å². The molecule has 0 nitrogen and oxygen atoms in total. The number of alkyl halides is 1. The van der Waals surface area contributed by atoms with Gasteiger partial charge in [-0.15, -0.1) is 11.6 Å². The molecule has 0 radical (unpaired) electrons. The molecule has 13 heavy (non-hydrogen) atoms. The zero-order valence-corrected chi connectivity index (χ0v) is 8.82. The van der Waals surface area contributed by atoms with Crippen molar-refractivity contribution in [2.45, 2.75) is 50.3 Å². The van der Waals surface area contributed by atoms with Crippen LogP contribution in [0.1, 0.15) is 44.9 Å². The smallest absolute Gasteiger partial charge is 0.0467 e. The predicted molar refractivity (Wildman–Crippen MR) is 56.0 cm³/mol. The fraction of sp³-hybridized carbons (Fsp3) is 0.833. The van der Waals surface area contributed by atoms with Gasteiger partial charge in [0.15, 0.2) is 0 Å². The van der Waals surface area contributed by atoms with Gasteiger partial charge in [-0.3, -0.25) is 0 Å². The average molecular weight is 197 g/mol. The number of halogens is 1. The summed E-state index contributed by atoms with van der Waals surface area (Å²) in [6.07, 6.45) is 9.84. The molecule has 3 aliphatic rings. The van der Waals surface area contributed by atoms with Gasteiger partial charge < -0.3 is 0 Å². The third kappa shape index (κ3) is 1.11. The summed E-state index contributed by atoms with van der Waals surface area (Å²) in [5.41, 5.74) is 3.63. The normalized spacial score (nSPS) is 43.6.